The predicted molar refractivity (Wildman–Crippen MR) is 74.7 cm³/mol. The van der Waals surface area contributed by atoms with E-state index in [1.54, 1.807) is 11.8 Å². The molecule has 1 aromatic heterocycles. The van der Waals surface area contributed by atoms with Crippen LogP contribution in [0.1, 0.15) is 12.5 Å². The highest BCUT2D eigenvalue weighted by molar-refractivity contribution is 7.98. The number of hydrogen-bond donors (Lipinski definition) is 0. The summed E-state index contributed by atoms with van der Waals surface area (Å²) in [4.78, 5) is 9.27. The Morgan fingerprint density at radius 2 is 1.94 bits per heavy atom. The standard InChI is InChI=1S/C13H13ClN2OS/c1-3-11-12(14)15-8-16-13(11)17-9-4-6-10(18-2)7-5-9/h4-8H,3H2,1-2H3. The third kappa shape index (κ3) is 2.94. The second-order valence-corrected chi connectivity index (χ2v) is 4.82. The van der Waals surface area contributed by atoms with Crippen LogP contribution < -0.4 is 4.74 Å². The molecular weight excluding hydrogens is 268 g/mol. The Hall–Kier alpha value is -1.26. The largest absolute Gasteiger partial charge is 0.439 e. The molecule has 0 N–H and O–H groups in total. The molecule has 2 aromatic rings. The van der Waals surface area contributed by atoms with Crippen LogP contribution in [0.15, 0.2) is 35.5 Å². The van der Waals surface area contributed by atoms with Gasteiger partial charge in [-0.15, -0.1) is 11.8 Å². The van der Waals surface area contributed by atoms with Crippen LogP contribution in [-0.4, -0.2) is 16.2 Å². The Morgan fingerprint density at radius 1 is 1.22 bits per heavy atom. The maximum Gasteiger partial charge on any atom is 0.226 e. The van der Waals surface area contributed by atoms with Crippen molar-refractivity contribution in [2.45, 2.75) is 18.2 Å². The van der Waals surface area contributed by atoms with Gasteiger partial charge in [-0.1, -0.05) is 18.5 Å². The van der Waals surface area contributed by atoms with Crippen molar-refractivity contribution in [1.82, 2.24) is 9.97 Å². The average Bonchev–Trinajstić information content (AvgIpc) is 2.40. The van der Waals surface area contributed by atoms with Crippen molar-refractivity contribution in [2.24, 2.45) is 0 Å². The van der Waals surface area contributed by atoms with Crippen LogP contribution in [0.4, 0.5) is 0 Å². The van der Waals surface area contributed by atoms with Crippen molar-refractivity contribution < 1.29 is 4.74 Å². The molecule has 1 aromatic carbocycles. The fraction of sp³-hybridized carbons (Fsp3) is 0.231. The van der Waals surface area contributed by atoms with Gasteiger partial charge >= 0.3 is 0 Å². The monoisotopic (exact) mass is 280 g/mol. The number of ether oxygens (including phenoxy) is 1. The summed E-state index contributed by atoms with van der Waals surface area (Å²) >= 11 is 7.70. The first kappa shape index (κ1) is 13.2. The summed E-state index contributed by atoms with van der Waals surface area (Å²) in [5, 5.41) is 0.447. The Bertz CT molecular complexity index is 531. The third-order valence-electron chi connectivity index (χ3n) is 2.48. The van der Waals surface area contributed by atoms with Crippen LogP contribution in [-0.2, 0) is 6.42 Å². The molecular formula is C13H13ClN2OS. The summed E-state index contributed by atoms with van der Waals surface area (Å²) in [7, 11) is 0. The van der Waals surface area contributed by atoms with E-state index >= 15 is 0 Å². The first-order valence-corrected chi connectivity index (χ1v) is 7.16. The van der Waals surface area contributed by atoms with Gasteiger partial charge in [0.25, 0.3) is 0 Å². The molecule has 3 nitrogen and oxygen atoms in total. The summed E-state index contributed by atoms with van der Waals surface area (Å²) in [5.41, 5.74) is 0.827. The van der Waals surface area contributed by atoms with E-state index in [1.165, 1.54) is 11.2 Å². The molecule has 0 saturated heterocycles. The van der Waals surface area contributed by atoms with Crippen LogP contribution in [0.2, 0.25) is 5.15 Å². The zero-order valence-electron chi connectivity index (χ0n) is 10.2. The van der Waals surface area contributed by atoms with E-state index in [0.717, 1.165) is 17.7 Å². The maximum absolute atomic E-state index is 6.01. The lowest BCUT2D eigenvalue weighted by Gasteiger charge is -2.09. The van der Waals surface area contributed by atoms with Gasteiger partial charge in [0.05, 0.1) is 5.56 Å². The Balaban J connectivity index is 2.25. The van der Waals surface area contributed by atoms with E-state index in [-0.39, 0.29) is 0 Å². The van der Waals surface area contributed by atoms with E-state index in [2.05, 4.69) is 9.97 Å². The van der Waals surface area contributed by atoms with Crippen molar-refractivity contribution in [3.8, 4) is 11.6 Å². The number of halogens is 1. The van der Waals surface area contributed by atoms with Crippen LogP contribution in [0.3, 0.4) is 0 Å². The lowest BCUT2D eigenvalue weighted by Crippen LogP contribution is -1.96. The first-order chi connectivity index (χ1) is 8.74. The first-order valence-electron chi connectivity index (χ1n) is 5.56. The number of benzene rings is 1. The lowest BCUT2D eigenvalue weighted by molar-refractivity contribution is 0.455. The number of aromatic nitrogens is 2. The molecule has 0 fully saturated rings. The van der Waals surface area contributed by atoms with Crippen molar-refractivity contribution in [3.63, 3.8) is 0 Å². The second kappa shape index (κ2) is 6.07. The maximum atomic E-state index is 6.01. The van der Waals surface area contributed by atoms with Crippen LogP contribution in [0.25, 0.3) is 0 Å². The Kier molecular flexibility index (Phi) is 4.44. The second-order valence-electron chi connectivity index (χ2n) is 3.58. The molecule has 0 bridgehead atoms. The molecule has 0 saturated carbocycles. The molecule has 0 aliphatic rings. The topological polar surface area (TPSA) is 35.0 Å². The number of rotatable bonds is 4. The molecule has 0 unspecified atom stereocenters. The number of thioether (sulfide) groups is 1. The van der Waals surface area contributed by atoms with Gasteiger partial charge in [0, 0.05) is 4.90 Å². The van der Waals surface area contributed by atoms with Gasteiger partial charge in [-0.05, 0) is 36.9 Å². The van der Waals surface area contributed by atoms with E-state index in [9.17, 15) is 0 Å². The Labute approximate surface area is 116 Å². The number of nitrogens with zero attached hydrogens (tertiary/aromatic N) is 2. The predicted octanol–water partition coefficient (Wildman–Crippen LogP) is 4.21. The van der Waals surface area contributed by atoms with Crippen molar-refractivity contribution in [3.05, 3.63) is 41.3 Å². The molecule has 0 amide bonds. The zero-order chi connectivity index (χ0) is 13.0. The van der Waals surface area contributed by atoms with E-state index < -0.39 is 0 Å². The molecule has 5 heteroatoms. The minimum absolute atomic E-state index is 0.447. The molecule has 94 valence electrons. The molecule has 1 heterocycles. The average molecular weight is 281 g/mol. The fourth-order valence-electron chi connectivity index (χ4n) is 1.52. The molecule has 2 rings (SSSR count). The zero-order valence-corrected chi connectivity index (χ0v) is 11.8. The van der Waals surface area contributed by atoms with Gasteiger partial charge in [0.1, 0.15) is 17.2 Å². The van der Waals surface area contributed by atoms with E-state index in [0.29, 0.717) is 11.0 Å². The minimum atomic E-state index is 0.447. The van der Waals surface area contributed by atoms with Gasteiger partial charge in [0.15, 0.2) is 0 Å². The summed E-state index contributed by atoms with van der Waals surface area (Å²) in [6.07, 6.45) is 4.18. The lowest BCUT2D eigenvalue weighted by atomic mass is 10.2. The van der Waals surface area contributed by atoms with Crippen LogP contribution >= 0.6 is 23.4 Å². The van der Waals surface area contributed by atoms with Gasteiger partial charge < -0.3 is 4.74 Å². The summed E-state index contributed by atoms with van der Waals surface area (Å²) < 4.78 is 5.74. The van der Waals surface area contributed by atoms with Crippen LogP contribution in [0.5, 0.6) is 11.6 Å². The Morgan fingerprint density at radius 3 is 2.56 bits per heavy atom. The third-order valence-corrected chi connectivity index (χ3v) is 3.55. The van der Waals surface area contributed by atoms with Crippen LogP contribution in [0, 0.1) is 0 Å². The normalized spacial score (nSPS) is 10.4. The smallest absolute Gasteiger partial charge is 0.226 e. The van der Waals surface area contributed by atoms with E-state index in [1.807, 2.05) is 37.4 Å². The quantitative estimate of drug-likeness (QED) is 0.621. The fourth-order valence-corrected chi connectivity index (χ4v) is 2.18. The molecule has 0 radical (unpaired) electrons. The van der Waals surface area contributed by atoms with Gasteiger partial charge in [-0.3, -0.25) is 0 Å². The molecule has 0 aliphatic heterocycles. The van der Waals surface area contributed by atoms with Gasteiger partial charge in [-0.25, -0.2) is 9.97 Å². The summed E-state index contributed by atoms with van der Waals surface area (Å²) in [5.74, 6) is 1.27. The van der Waals surface area contributed by atoms with Crippen molar-refractivity contribution in [2.75, 3.05) is 6.26 Å². The summed E-state index contributed by atoms with van der Waals surface area (Å²) in [6, 6.07) is 7.85. The van der Waals surface area contributed by atoms with Gasteiger partial charge in [-0.2, -0.15) is 0 Å². The highest BCUT2D eigenvalue weighted by Crippen LogP contribution is 2.28. The van der Waals surface area contributed by atoms with Crippen molar-refractivity contribution in [1.29, 1.82) is 0 Å². The van der Waals surface area contributed by atoms with Gasteiger partial charge in [0.2, 0.25) is 5.88 Å². The number of hydrogen-bond acceptors (Lipinski definition) is 4. The summed E-state index contributed by atoms with van der Waals surface area (Å²) in [6.45, 7) is 1.99. The molecule has 0 atom stereocenters. The highest BCUT2D eigenvalue weighted by Gasteiger charge is 2.10. The highest BCUT2D eigenvalue weighted by atomic mass is 35.5. The van der Waals surface area contributed by atoms with Crippen molar-refractivity contribution >= 4 is 23.4 Å². The molecule has 0 spiro atoms. The van der Waals surface area contributed by atoms with E-state index in [4.69, 9.17) is 16.3 Å². The SMILES string of the molecule is CCc1c(Cl)ncnc1Oc1ccc(SC)cc1. The molecule has 18 heavy (non-hydrogen) atoms. The molecule has 0 aliphatic carbocycles. The minimum Gasteiger partial charge on any atom is -0.439 e.